The van der Waals surface area contributed by atoms with E-state index in [2.05, 4.69) is 0 Å². The summed E-state index contributed by atoms with van der Waals surface area (Å²) in [5.74, 6) is -0.348. The largest absolute Gasteiger partial charge is 0.493 e. The Kier molecular flexibility index (Phi) is 3.63. The Morgan fingerprint density at radius 1 is 1.11 bits per heavy atom. The van der Waals surface area contributed by atoms with Crippen LogP contribution < -0.4 is 4.74 Å². The van der Waals surface area contributed by atoms with Crippen molar-refractivity contribution < 1.29 is 14.6 Å². The molecule has 0 atom stereocenters. The van der Waals surface area contributed by atoms with Crippen LogP contribution in [-0.2, 0) is 0 Å². The van der Waals surface area contributed by atoms with Crippen molar-refractivity contribution in [2.45, 2.75) is 6.92 Å². The molecule has 0 heterocycles. The molecule has 0 saturated heterocycles. The van der Waals surface area contributed by atoms with Crippen molar-refractivity contribution in [3.63, 3.8) is 0 Å². The molecule has 0 spiro atoms. The van der Waals surface area contributed by atoms with Gasteiger partial charge in [0.15, 0.2) is 0 Å². The van der Waals surface area contributed by atoms with Gasteiger partial charge < -0.3 is 9.84 Å². The van der Waals surface area contributed by atoms with Crippen molar-refractivity contribution in [2.24, 2.45) is 0 Å². The fourth-order valence-electron chi connectivity index (χ4n) is 1.89. The Balaban J connectivity index is 2.64. The van der Waals surface area contributed by atoms with Gasteiger partial charge in [0.1, 0.15) is 5.75 Å². The predicted octanol–water partition coefficient (Wildman–Crippen LogP) is 3.45. The molecule has 0 radical (unpaired) electrons. The summed E-state index contributed by atoms with van der Waals surface area (Å²) in [7, 11) is 0. The van der Waals surface area contributed by atoms with Crippen LogP contribution in [0.15, 0.2) is 48.5 Å². The second-order valence-corrected chi connectivity index (χ2v) is 3.78. The molecule has 0 aromatic heterocycles. The molecule has 0 saturated carbocycles. The van der Waals surface area contributed by atoms with Crippen LogP contribution in [0.25, 0.3) is 11.1 Å². The lowest BCUT2D eigenvalue weighted by Crippen LogP contribution is -2.03. The zero-order valence-electron chi connectivity index (χ0n) is 10.1. The number of carbonyl (C=O) groups is 1. The summed E-state index contributed by atoms with van der Waals surface area (Å²) in [4.78, 5) is 11.3. The van der Waals surface area contributed by atoms with Gasteiger partial charge in [0.05, 0.1) is 12.2 Å². The minimum absolute atomic E-state index is 0.257. The minimum Gasteiger partial charge on any atom is -0.493 e. The molecular formula is C15H14O3. The van der Waals surface area contributed by atoms with Crippen LogP contribution in [-0.4, -0.2) is 17.7 Å². The molecule has 1 N–H and O–H groups in total. The van der Waals surface area contributed by atoms with Crippen molar-refractivity contribution >= 4 is 5.97 Å². The first-order chi connectivity index (χ1) is 8.74. The van der Waals surface area contributed by atoms with E-state index in [0.717, 1.165) is 5.56 Å². The lowest BCUT2D eigenvalue weighted by Gasteiger charge is -2.13. The third-order valence-electron chi connectivity index (χ3n) is 2.62. The maximum Gasteiger partial charge on any atom is 0.336 e. The highest BCUT2D eigenvalue weighted by Crippen LogP contribution is 2.33. The van der Waals surface area contributed by atoms with E-state index >= 15 is 0 Å². The quantitative estimate of drug-likeness (QED) is 0.893. The molecule has 0 fully saturated rings. The van der Waals surface area contributed by atoms with E-state index in [1.807, 2.05) is 37.3 Å². The Morgan fingerprint density at radius 2 is 1.83 bits per heavy atom. The number of carboxylic acid groups (broad SMARTS) is 1. The Labute approximate surface area is 106 Å². The zero-order chi connectivity index (χ0) is 13.0. The molecule has 3 nitrogen and oxygen atoms in total. The second kappa shape index (κ2) is 5.36. The third-order valence-corrected chi connectivity index (χ3v) is 2.62. The van der Waals surface area contributed by atoms with Gasteiger partial charge in [0, 0.05) is 5.56 Å². The number of carboxylic acids is 1. The normalized spacial score (nSPS) is 10.1. The molecule has 0 aliphatic rings. The van der Waals surface area contributed by atoms with Crippen molar-refractivity contribution in [1.29, 1.82) is 0 Å². The number of rotatable bonds is 4. The number of benzene rings is 2. The van der Waals surface area contributed by atoms with E-state index in [0.29, 0.717) is 17.9 Å². The molecule has 92 valence electrons. The van der Waals surface area contributed by atoms with Crippen LogP contribution in [0.5, 0.6) is 5.75 Å². The summed E-state index contributed by atoms with van der Waals surface area (Å²) >= 11 is 0. The Hall–Kier alpha value is -2.29. The smallest absolute Gasteiger partial charge is 0.336 e. The predicted molar refractivity (Wildman–Crippen MR) is 70.0 cm³/mol. The lowest BCUT2D eigenvalue weighted by atomic mass is 9.98. The summed E-state index contributed by atoms with van der Waals surface area (Å²) in [5.41, 5.74) is 1.73. The van der Waals surface area contributed by atoms with Crippen molar-refractivity contribution in [1.82, 2.24) is 0 Å². The van der Waals surface area contributed by atoms with Crippen molar-refractivity contribution in [2.75, 3.05) is 6.61 Å². The monoisotopic (exact) mass is 242 g/mol. The topological polar surface area (TPSA) is 46.5 Å². The first-order valence-electron chi connectivity index (χ1n) is 5.78. The lowest BCUT2D eigenvalue weighted by molar-refractivity contribution is 0.0697. The number of ether oxygens (including phenoxy) is 1. The van der Waals surface area contributed by atoms with E-state index in [9.17, 15) is 9.90 Å². The number of hydrogen-bond acceptors (Lipinski definition) is 2. The van der Waals surface area contributed by atoms with Crippen LogP contribution in [0.3, 0.4) is 0 Å². The molecule has 0 amide bonds. The van der Waals surface area contributed by atoms with Gasteiger partial charge in [-0.2, -0.15) is 0 Å². The van der Waals surface area contributed by atoms with E-state index in [1.165, 1.54) is 0 Å². The molecule has 3 heteroatoms. The van der Waals surface area contributed by atoms with E-state index < -0.39 is 5.97 Å². The Morgan fingerprint density at radius 3 is 2.44 bits per heavy atom. The van der Waals surface area contributed by atoms with Crippen LogP contribution in [0.4, 0.5) is 0 Å². The molecule has 0 aliphatic heterocycles. The fourth-order valence-corrected chi connectivity index (χ4v) is 1.89. The second-order valence-electron chi connectivity index (χ2n) is 3.78. The number of hydrogen-bond donors (Lipinski definition) is 1. The van der Waals surface area contributed by atoms with Crippen molar-refractivity contribution in [3.8, 4) is 16.9 Å². The molecule has 0 bridgehead atoms. The van der Waals surface area contributed by atoms with Crippen LogP contribution in [0.2, 0.25) is 0 Å². The summed E-state index contributed by atoms with van der Waals surface area (Å²) < 4.78 is 5.52. The Bertz CT molecular complexity index is 547. The summed E-state index contributed by atoms with van der Waals surface area (Å²) in [6, 6.07) is 14.5. The molecule has 0 aliphatic carbocycles. The van der Waals surface area contributed by atoms with Gasteiger partial charge >= 0.3 is 5.97 Å². The van der Waals surface area contributed by atoms with Gasteiger partial charge in [-0.3, -0.25) is 0 Å². The van der Waals surface area contributed by atoms with E-state index in [1.54, 1.807) is 18.2 Å². The highest BCUT2D eigenvalue weighted by Gasteiger charge is 2.16. The minimum atomic E-state index is -0.949. The highest BCUT2D eigenvalue weighted by atomic mass is 16.5. The average Bonchev–Trinajstić information content (AvgIpc) is 2.40. The number of aromatic carboxylic acids is 1. The van der Waals surface area contributed by atoms with E-state index in [-0.39, 0.29) is 5.56 Å². The fraction of sp³-hybridized carbons (Fsp3) is 0.133. The first kappa shape index (κ1) is 12.2. The van der Waals surface area contributed by atoms with Gasteiger partial charge in [-0.25, -0.2) is 4.79 Å². The average molecular weight is 242 g/mol. The van der Waals surface area contributed by atoms with Gasteiger partial charge in [0.25, 0.3) is 0 Å². The maximum absolute atomic E-state index is 11.3. The molecule has 2 aromatic carbocycles. The van der Waals surface area contributed by atoms with Gasteiger partial charge in [-0.05, 0) is 24.6 Å². The van der Waals surface area contributed by atoms with Crippen LogP contribution in [0, 0.1) is 0 Å². The summed E-state index contributed by atoms with van der Waals surface area (Å²) in [6.07, 6.45) is 0. The maximum atomic E-state index is 11.3. The molecule has 18 heavy (non-hydrogen) atoms. The molecule has 2 rings (SSSR count). The molecule has 2 aromatic rings. The van der Waals surface area contributed by atoms with Gasteiger partial charge in [-0.15, -0.1) is 0 Å². The van der Waals surface area contributed by atoms with E-state index in [4.69, 9.17) is 4.74 Å². The van der Waals surface area contributed by atoms with Crippen LogP contribution >= 0.6 is 0 Å². The third kappa shape index (κ3) is 2.35. The highest BCUT2D eigenvalue weighted by molar-refractivity contribution is 5.98. The zero-order valence-corrected chi connectivity index (χ0v) is 10.1. The van der Waals surface area contributed by atoms with Gasteiger partial charge in [0.2, 0.25) is 0 Å². The van der Waals surface area contributed by atoms with Crippen molar-refractivity contribution in [3.05, 3.63) is 54.1 Å². The first-order valence-corrected chi connectivity index (χ1v) is 5.78. The standard InChI is InChI=1S/C15H14O3/c1-2-18-13-10-6-9-12(15(16)17)14(13)11-7-4-3-5-8-11/h3-10H,2H2,1H3,(H,16,17). The molecule has 0 unspecified atom stereocenters. The van der Waals surface area contributed by atoms with Gasteiger partial charge in [-0.1, -0.05) is 36.4 Å². The summed E-state index contributed by atoms with van der Waals surface area (Å²) in [5, 5.41) is 9.26. The van der Waals surface area contributed by atoms with Crippen LogP contribution in [0.1, 0.15) is 17.3 Å². The summed E-state index contributed by atoms with van der Waals surface area (Å²) in [6.45, 7) is 2.38. The SMILES string of the molecule is CCOc1cccc(C(=O)O)c1-c1ccccc1. The molecular weight excluding hydrogens is 228 g/mol.